The monoisotopic (exact) mass is 432 g/mol. The number of nitrogens with one attached hydrogen (secondary N) is 1. The molecule has 4 aromatic rings. The van der Waals surface area contributed by atoms with Crippen molar-refractivity contribution in [2.75, 3.05) is 0 Å². The van der Waals surface area contributed by atoms with Gasteiger partial charge < -0.3 is 10.2 Å². The van der Waals surface area contributed by atoms with Crippen LogP contribution in [0.5, 0.6) is 5.75 Å². The van der Waals surface area contributed by atoms with E-state index in [2.05, 4.69) is 15.3 Å². The SMILES string of the molecule is Cc1[nH]n(-c2cccc(F)c2)c(=O)c1N=Nc1cccc(-c2cccc(C(=O)O)c2)c1O. The summed E-state index contributed by atoms with van der Waals surface area (Å²) in [5.74, 6) is -1.78. The van der Waals surface area contributed by atoms with Gasteiger partial charge in [0.1, 0.15) is 11.5 Å². The largest absolute Gasteiger partial charge is 0.505 e. The molecule has 0 aliphatic rings. The second-order valence-electron chi connectivity index (χ2n) is 6.97. The van der Waals surface area contributed by atoms with Crippen molar-refractivity contribution < 1.29 is 19.4 Å². The molecule has 1 aromatic heterocycles. The number of aromatic hydroxyl groups is 1. The number of azo groups is 1. The minimum absolute atomic E-state index is 0.00642. The molecule has 1 heterocycles. The molecule has 0 atom stereocenters. The van der Waals surface area contributed by atoms with Crippen LogP contribution in [-0.4, -0.2) is 26.0 Å². The molecule has 0 radical (unpaired) electrons. The summed E-state index contributed by atoms with van der Waals surface area (Å²) >= 11 is 0. The number of carboxylic acid groups (broad SMARTS) is 1. The summed E-state index contributed by atoms with van der Waals surface area (Å²) in [6, 6.07) is 16.4. The van der Waals surface area contributed by atoms with E-state index in [0.29, 0.717) is 22.5 Å². The van der Waals surface area contributed by atoms with E-state index in [1.807, 2.05) is 0 Å². The Morgan fingerprint density at radius 3 is 2.53 bits per heavy atom. The Balaban J connectivity index is 1.71. The predicted octanol–water partition coefficient (Wildman–Crippen LogP) is 5.10. The van der Waals surface area contributed by atoms with Crippen LogP contribution in [0.4, 0.5) is 15.8 Å². The highest BCUT2D eigenvalue weighted by Gasteiger charge is 2.14. The van der Waals surface area contributed by atoms with Crippen molar-refractivity contribution in [2.24, 2.45) is 10.2 Å². The third-order valence-corrected chi connectivity index (χ3v) is 4.80. The van der Waals surface area contributed by atoms with Gasteiger partial charge in [0.15, 0.2) is 11.4 Å². The van der Waals surface area contributed by atoms with E-state index >= 15 is 0 Å². The van der Waals surface area contributed by atoms with Crippen LogP contribution in [-0.2, 0) is 0 Å². The Kier molecular flexibility index (Phi) is 5.38. The van der Waals surface area contributed by atoms with Gasteiger partial charge in [0, 0.05) is 5.56 Å². The summed E-state index contributed by atoms with van der Waals surface area (Å²) in [7, 11) is 0. The van der Waals surface area contributed by atoms with Gasteiger partial charge in [0.2, 0.25) is 0 Å². The standard InChI is InChI=1S/C23H17FN4O4/c1-13-20(22(30)28(27-13)17-8-3-7-16(24)12-17)26-25-19-10-4-9-18(21(19)29)14-5-2-6-15(11-14)23(31)32/h2-12,27,29H,1H3,(H,31,32). The van der Waals surface area contributed by atoms with Crippen LogP contribution in [0, 0.1) is 12.7 Å². The molecular formula is C23H17FN4O4. The fourth-order valence-electron chi connectivity index (χ4n) is 3.22. The molecular weight excluding hydrogens is 415 g/mol. The number of hydrogen-bond donors (Lipinski definition) is 3. The topological polar surface area (TPSA) is 120 Å². The molecule has 3 aromatic carbocycles. The second-order valence-corrected chi connectivity index (χ2v) is 6.97. The highest BCUT2D eigenvalue weighted by atomic mass is 19.1. The maximum absolute atomic E-state index is 13.5. The molecule has 0 saturated heterocycles. The zero-order chi connectivity index (χ0) is 22.8. The lowest BCUT2D eigenvalue weighted by molar-refractivity contribution is 0.0697. The lowest BCUT2D eigenvalue weighted by Crippen LogP contribution is -2.14. The number of H-pyrrole nitrogens is 1. The van der Waals surface area contributed by atoms with Crippen molar-refractivity contribution >= 4 is 17.3 Å². The number of carboxylic acids is 1. The normalized spacial score (nSPS) is 11.2. The number of para-hydroxylation sites is 1. The highest BCUT2D eigenvalue weighted by molar-refractivity contribution is 5.90. The first-order chi connectivity index (χ1) is 15.3. The smallest absolute Gasteiger partial charge is 0.335 e. The van der Waals surface area contributed by atoms with Crippen LogP contribution in [0.2, 0.25) is 0 Å². The van der Waals surface area contributed by atoms with Crippen molar-refractivity contribution in [2.45, 2.75) is 6.92 Å². The fourth-order valence-corrected chi connectivity index (χ4v) is 3.22. The summed E-state index contributed by atoms with van der Waals surface area (Å²) in [5.41, 5.74) is 1.23. The van der Waals surface area contributed by atoms with Crippen molar-refractivity contribution in [1.82, 2.24) is 9.78 Å². The lowest BCUT2D eigenvalue weighted by atomic mass is 10.0. The number of phenols is 1. The molecule has 0 fully saturated rings. The van der Waals surface area contributed by atoms with E-state index in [1.165, 1.54) is 36.4 Å². The van der Waals surface area contributed by atoms with Crippen LogP contribution < -0.4 is 5.56 Å². The number of carbonyl (C=O) groups is 1. The first-order valence-electron chi connectivity index (χ1n) is 9.50. The van der Waals surface area contributed by atoms with Crippen molar-refractivity contribution in [1.29, 1.82) is 0 Å². The van der Waals surface area contributed by atoms with Gasteiger partial charge in [0.25, 0.3) is 5.56 Å². The average molecular weight is 432 g/mol. The van der Waals surface area contributed by atoms with Gasteiger partial charge in [-0.25, -0.2) is 13.9 Å². The number of halogens is 1. The van der Waals surface area contributed by atoms with Gasteiger partial charge in [-0.15, -0.1) is 10.2 Å². The van der Waals surface area contributed by atoms with E-state index in [1.54, 1.807) is 37.3 Å². The number of phenolic OH excluding ortho intramolecular Hbond substituents is 1. The van der Waals surface area contributed by atoms with Gasteiger partial charge in [-0.2, -0.15) is 0 Å². The van der Waals surface area contributed by atoms with Gasteiger partial charge in [-0.1, -0.05) is 30.3 Å². The molecule has 0 spiro atoms. The summed E-state index contributed by atoms with van der Waals surface area (Å²) in [6.45, 7) is 1.62. The van der Waals surface area contributed by atoms with Crippen LogP contribution in [0.25, 0.3) is 16.8 Å². The van der Waals surface area contributed by atoms with E-state index in [4.69, 9.17) is 0 Å². The maximum Gasteiger partial charge on any atom is 0.335 e. The maximum atomic E-state index is 13.5. The van der Waals surface area contributed by atoms with Crippen LogP contribution >= 0.6 is 0 Å². The lowest BCUT2D eigenvalue weighted by Gasteiger charge is -2.07. The molecule has 0 amide bonds. The zero-order valence-corrected chi connectivity index (χ0v) is 16.8. The highest BCUT2D eigenvalue weighted by Crippen LogP contribution is 2.38. The first kappa shape index (κ1) is 20.7. The van der Waals surface area contributed by atoms with E-state index in [-0.39, 0.29) is 22.7 Å². The van der Waals surface area contributed by atoms with E-state index in [9.17, 15) is 24.2 Å². The van der Waals surface area contributed by atoms with Crippen LogP contribution in [0.15, 0.2) is 81.8 Å². The molecule has 0 bridgehead atoms. The van der Waals surface area contributed by atoms with Crippen molar-refractivity contribution in [3.05, 3.63) is 94.2 Å². The number of nitrogens with zero attached hydrogens (tertiary/aromatic N) is 3. The predicted molar refractivity (Wildman–Crippen MR) is 116 cm³/mol. The number of aryl methyl sites for hydroxylation is 1. The van der Waals surface area contributed by atoms with E-state index in [0.717, 1.165) is 4.68 Å². The number of aromatic amines is 1. The number of benzene rings is 3. The molecule has 8 nitrogen and oxygen atoms in total. The Morgan fingerprint density at radius 1 is 1.03 bits per heavy atom. The molecule has 0 unspecified atom stereocenters. The molecule has 32 heavy (non-hydrogen) atoms. The zero-order valence-electron chi connectivity index (χ0n) is 16.8. The van der Waals surface area contributed by atoms with Gasteiger partial charge in [-0.05, 0) is 48.9 Å². The van der Waals surface area contributed by atoms with Crippen LogP contribution in [0.1, 0.15) is 16.1 Å². The average Bonchev–Trinajstić information content (AvgIpc) is 3.06. The van der Waals surface area contributed by atoms with Gasteiger partial charge in [-0.3, -0.25) is 9.89 Å². The van der Waals surface area contributed by atoms with Crippen LogP contribution in [0.3, 0.4) is 0 Å². The molecule has 0 aliphatic heterocycles. The Labute approximate surface area is 180 Å². The Bertz CT molecular complexity index is 1420. The molecule has 0 aliphatic carbocycles. The summed E-state index contributed by atoms with van der Waals surface area (Å²) in [6.07, 6.45) is 0. The summed E-state index contributed by atoms with van der Waals surface area (Å²) in [4.78, 5) is 24.0. The third kappa shape index (κ3) is 3.91. The number of aromatic carboxylic acids is 1. The quantitative estimate of drug-likeness (QED) is 0.380. The summed E-state index contributed by atoms with van der Waals surface area (Å²) in [5, 5.41) is 30.7. The van der Waals surface area contributed by atoms with Gasteiger partial charge >= 0.3 is 5.97 Å². The molecule has 4 rings (SSSR count). The molecule has 0 saturated carbocycles. The van der Waals surface area contributed by atoms with E-state index < -0.39 is 17.3 Å². The minimum Gasteiger partial charge on any atom is -0.505 e. The van der Waals surface area contributed by atoms with Crippen molar-refractivity contribution in [3.63, 3.8) is 0 Å². The Hall–Kier alpha value is -4.53. The third-order valence-electron chi connectivity index (χ3n) is 4.80. The number of hydrogen-bond acceptors (Lipinski definition) is 5. The molecule has 9 heteroatoms. The minimum atomic E-state index is -1.08. The first-order valence-corrected chi connectivity index (χ1v) is 9.50. The second kappa shape index (κ2) is 8.31. The molecule has 3 N–H and O–H groups in total. The fraction of sp³-hybridized carbons (Fsp3) is 0.0435. The summed E-state index contributed by atoms with van der Waals surface area (Å²) < 4.78 is 14.7. The molecule has 160 valence electrons. The van der Waals surface area contributed by atoms with Gasteiger partial charge in [0.05, 0.1) is 16.9 Å². The Morgan fingerprint density at radius 2 is 1.78 bits per heavy atom. The van der Waals surface area contributed by atoms with Crippen molar-refractivity contribution in [3.8, 4) is 22.6 Å². The number of rotatable bonds is 5. The number of aromatic nitrogens is 2.